The number of nitrogens with one attached hydrogen (secondary N) is 1. The van der Waals surface area contributed by atoms with E-state index in [0.717, 1.165) is 65.2 Å². The highest BCUT2D eigenvalue weighted by molar-refractivity contribution is 5.75. The highest BCUT2D eigenvalue weighted by Gasteiger charge is 2.27. The number of benzene rings is 1. The van der Waals surface area contributed by atoms with Gasteiger partial charge in [0.05, 0.1) is 0 Å². The van der Waals surface area contributed by atoms with Crippen molar-refractivity contribution in [2.24, 2.45) is 0 Å². The number of hydrogen-bond acceptors (Lipinski definition) is 4. The molecule has 136 valence electrons. The molecule has 2 saturated heterocycles. The zero-order chi connectivity index (χ0) is 17.2. The van der Waals surface area contributed by atoms with Crippen molar-refractivity contribution < 1.29 is 4.79 Å². The van der Waals surface area contributed by atoms with Gasteiger partial charge in [-0.3, -0.25) is 0 Å². The molecule has 1 aliphatic carbocycles. The minimum absolute atomic E-state index is 0.118. The van der Waals surface area contributed by atoms with E-state index in [1.54, 1.807) is 0 Å². The monoisotopic (exact) mass is 343 g/mol. The standard InChI is InChI=1S/C19H29N5O/c1-21-8-10-22(11-9-21)17-4-6-18(7-5-17)23-12-14-24(15-13-23)19(25)20-16-2-3-16/h4-7,16H,2-3,8-15H2,1H3,(H,20,25). The molecule has 2 amide bonds. The highest BCUT2D eigenvalue weighted by Crippen LogP contribution is 2.23. The maximum absolute atomic E-state index is 12.1. The summed E-state index contributed by atoms with van der Waals surface area (Å²) < 4.78 is 0. The number of carbonyl (C=O) groups is 1. The molecule has 2 aliphatic heterocycles. The number of nitrogens with zero attached hydrogens (tertiary/aromatic N) is 4. The summed E-state index contributed by atoms with van der Waals surface area (Å²) in [5.41, 5.74) is 2.58. The third-order valence-electron chi connectivity index (χ3n) is 5.56. The van der Waals surface area contributed by atoms with Crippen LogP contribution in [0, 0.1) is 0 Å². The number of carbonyl (C=O) groups excluding carboxylic acids is 1. The van der Waals surface area contributed by atoms with Crippen LogP contribution >= 0.6 is 0 Å². The fourth-order valence-electron chi connectivity index (χ4n) is 3.60. The molecule has 1 aromatic rings. The van der Waals surface area contributed by atoms with Crippen LogP contribution in [0.25, 0.3) is 0 Å². The van der Waals surface area contributed by atoms with Crippen molar-refractivity contribution in [1.82, 2.24) is 15.1 Å². The Morgan fingerprint density at radius 3 is 1.80 bits per heavy atom. The molecule has 6 heteroatoms. The fourth-order valence-corrected chi connectivity index (χ4v) is 3.60. The molecule has 0 bridgehead atoms. The Kier molecular flexibility index (Phi) is 4.70. The Morgan fingerprint density at radius 1 is 0.840 bits per heavy atom. The fraction of sp³-hybridized carbons (Fsp3) is 0.632. The van der Waals surface area contributed by atoms with Crippen LogP contribution in [0.3, 0.4) is 0 Å². The second-order valence-corrected chi connectivity index (χ2v) is 7.50. The van der Waals surface area contributed by atoms with E-state index in [0.29, 0.717) is 6.04 Å². The number of hydrogen-bond donors (Lipinski definition) is 1. The van der Waals surface area contributed by atoms with Gasteiger partial charge in [0, 0.05) is 69.8 Å². The molecule has 3 aliphatic rings. The second kappa shape index (κ2) is 7.12. The normalized spacial score (nSPS) is 22.2. The molecule has 1 N–H and O–H groups in total. The SMILES string of the molecule is CN1CCN(c2ccc(N3CCN(C(=O)NC4CC4)CC3)cc2)CC1. The molecule has 3 fully saturated rings. The van der Waals surface area contributed by atoms with Crippen LogP contribution in [0.5, 0.6) is 0 Å². The van der Waals surface area contributed by atoms with E-state index < -0.39 is 0 Å². The first-order valence-corrected chi connectivity index (χ1v) is 9.53. The van der Waals surface area contributed by atoms with Gasteiger partial charge in [-0.05, 0) is 44.2 Å². The number of urea groups is 1. The Bertz CT molecular complexity index is 584. The van der Waals surface area contributed by atoms with Crippen LogP contribution < -0.4 is 15.1 Å². The summed E-state index contributed by atoms with van der Waals surface area (Å²) in [5, 5.41) is 3.08. The maximum atomic E-state index is 12.1. The van der Waals surface area contributed by atoms with Crippen molar-refractivity contribution in [1.29, 1.82) is 0 Å². The van der Waals surface area contributed by atoms with Crippen LogP contribution in [0.1, 0.15) is 12.8 Å². The van der Waals surface area contributed by atoms with Crippen molar-refractivity contribution in [3.8, 4) is 0 Å². The summed E-state index contributed by atoms with van der Waals surface area (Å²) in [5.74, 6) is 0. The van der Waals surface area contributed by atoms with E-state index in [4.69, 9.17) is 0 Å². The third-order valence-corrected chi connectivity index (χ3v) is 5.56. The van der Waals surface area contributed by atoms with Gasteiger partial charge in [0.25, 0.3) is 0 Å². The molecule has 0 aromatic heterocycles. The van der Waals surface area contributed by atoms with Crippen LogP contribution in [0.2, 0.25) is 0 Å². The predicted molar refractivity (Wildman–Crippen MR) is 101 cm³/mol. The molecule has 0 unspecified atom stereocenters. The van der Waals surface area contributed by atoms with Crippen LogP contribution in [-0.4, -0.2) is 81.3 Å². The molecule has 4 rings (SSSR count). The summed E-state index contributed by atoms with van der Waals surface area (Å²) in [6.07, 6.45) is 2.29. The number of anilines is 2. The Hall–Kier alpha value is -1.95. The smallest absolute Gasteiger partial charge is 0.317 e. The summed E-state index contributed by atoms with van der Waals surface area (Å²) in [4.78, 5) is 21.3. The van der Waals surface area contributed by atoms with Crippen molar-refractivity contribution in [3.05, 3.63) is 24.3 Å². The van der Waals surface area contributed by atoms with Gasteiger partial charge in [-0.1, -0.05) is 0 Å². The Labute approximate surface area is 150 Å². The van der Waals surface area contributed by atoms with Crippen molar-refractivity contribution in [2.45, 2.75) is 18.9 Å². The third kappa shape index (κ3) is 4.00. The largest absolute Gasteiger partial charge is 0.369 e. The number of piperazine rings is 2. The van der Waals surface area contributed by atoms with Crippen LogP contribution in [0.15, 0.2) is 24.3 Å². The molecular formula is C19H29N5O. The summed E-state index contributed by atoms with van der Waals surface area (Å²) in [6.45, 7) is 7.89. The first-order chi connectivity index (χ1) is 12.2. The lowest BCUT2D eigenvalue weighted by atomic mass is 10.2. The van der Waals surface area contributed by atoms with Gasteiger partial charge >= 0.3 is 6.03 Å². The van der Waals surface area contributed by atoms with Crippen molar-refractivity contribution in [3.63, 3.8) is 0 Å². The van der Waals surface area contributed by atoms with Gasteiger partial charge in [-0.2, -0.15) is 0 Å². The molecule has 0 spiro atoms. The Balaban J connectivity index is 1.30. The van der Waals surface area contributed by atoms with Gasteiger partial charge < -0.3 is 24.9 Å². The number of amides is 2. The molecule has 2 heterocycles. The van der Waals surface area contributed by atoms with Gasteiger partial charge in [-0.15, -0.1) is 0 Å². The summed E-state index contributed by atoms with van der Waals surface area (Å²) >= 11 is 0. The molecule has 6 nitrogen and oxygen atoms in total. The van der Waals surface area contributed by atoms with E-state index in [-0.39, 0.29) is 6.03 Å². The van der Waals surface area contributed by atoms with Crippen LogP contribution in [-0.2, 0) is 0 Å². The average Bonchev–Trinajstić information content (AvgIpc) is 3.47. The van der Waals surface area contributed by atoms with Crippen molar-refractivity contribution >= 4 is 17.4 Å². The molecule has 0 radical (unpaired) electrons. The second-order valence-electron chi connectivity index (χ2n) is 7.50. The first-order valence-electron chi connectivity index (χ1n) is 9.53. The minimum atomic E-state index is 0.118. The van der Waals surface area contributed by atoms with E-state index >= 15 is 0 Å². The van der Waals surface area contributed by atoms with Crippen LogP contribution in [0.4, 0.5) is 16.2 Å². The van der Waals surface area contributed by atoms with E-state index in [1.165, 1.54) is 11.4 Å². The molecule has 0 atom stereocenters. The zero-order valence-corrected chi connectivity index (χ0v) is 15.2. The van der Waals surface area contributed by atoms with Gasteiger partial charge in [0.15, 0.2) is 0 Å². The van der Waals surface area contributed by atoms with Crippen molar-refractivity contribution in [2.75, 3.05) is 69.2 Å². The summed E-state index contributed by atoms with van der Waals surface area (Å²) in [6, 6.07) is 9.50. The van der Waals surface area contributed by atoms with Gasteiger partial charge in [-0.25, -0.2) is 4.79 Å². The maximum Gasteiger partial charge on any atom is 0.317 e. The van der Waals surface area contributed by atoms with E-state index in [2.05, 4.69) is 51.3 Å². The lowest BCUT2D eigenvalue weighted by Gasteiger charge is -2.37. The lowest BCUT2D eigenvalue weighted by Crippen LogP contribution is -2.52. The molecule has 1 saturated carbocycles. The Morgan fingerprint density at radius 2 is 1.32 bits per heavy atom. The highest BCUT2D eigenvalue weighted by atomic mass is 16.2. The van der Waals surface area contributed by atoms with Gasteiger partial charge in [0.2, 0.25) is 0 Å². The number of rotatable bonds is 3. The quantitative estimate of drug-likeness (QED) is 0.902. The summed E-state index contributed by atoms with van der Waals surface area (Å²) in [7, 11) is 2.19. The number of likely N-dealkylation sites (N-methyl/N-ethyl adjacent to an activating group) is 1. The first kappa shape index (κ1) is 16.5. The zero-order valence-electron chi connectivity index (χ0n) is 15.2. The van der Waals surface area contributed by atoms with E-state index in [1.807, 2.05) is 4.90 Å². The molecule has 25 heavy (non-hydrogen) atoms. The lowest BCUT2D eigenvalue weighted by molar-refractivity contribution is 0.194. The average molecular weight is 343 g/mol. The minimum Gasteiger partial charge on any atom is -0.369 e. The topological polar surface area (TPSA) is 42.1 Å². The molecule has 1 aromatic carbocycles. The molecular weight excluding hydrogens is 314 g/mol. The predicted octanol–water partition coefficient (Wildman–Crippen LogP) is 1.43. The van der Waals surface area contributed by atoms with E-state index in [9.17, 15) is 4.79 Å². The van der Waals surface area contributed by atoms with Gasteiger partial charge in [0.1, 0.15) is 0 Å².